The van der Waals surface area contributed by atoms with Crippen molar-refractivity contribution < 1.29 is 4.79 Å². The molecule has 4 heteroatoms. The van der Waals surface area contributed by atoms with Crippen LogP contribution in [0.1, 0.15) is 18.1 Å². The van der Waals surface area contributed by atoms with Crippen molar-refractivity contribution in [1.29, 1.82) is 0 Å². The molecule has 0 saturated carbocycles. The zero-order chi connectivity index (χ0) is 12.8. The van der Waals surface area contributed by atoms with Crippen LogP contribution >= 0.6 is 0 Å². The highest BCUT2D eigenvalue weighted by atomic mass is 16.1. The van der Waals surface area contributed by atoms with Gasteiger partial charge in [-0.2, -0.15) is 0 Å². The fraction of sp³-hybridized carbons (Fsp3) is 0.462. The Hall–Kier alpha value is -1.55. The number of hydrogen-bond acceptors (Lipinski definition) is 3. The lowest BCUT2D eigenvalue weighted by molar-refractivity contribution is -0.119. The molecule has 0 unspecified atom stereocenters. The second kappa shape index (κ2) is 6.25. The summed E-state index contributed by atoms with van der Waals surface area (Å²) in [6, 6.07) is 6.11. The van der Waals surface area contributed by atoms with Gasteiger partial charge in [0.1, 0.15) is 0 Å². The van der Waals surface area contributed by atoms with Gasteiger partial charge in [-0.15, -0.1) is 0 Å². The summed E-state index contributed by atoms with van der Waals surface area (Å²) in [6.45, 7) is 5.81. The Balaban J connectivity index is 2.92. The zero-order valence-electron chi connectivity index (χ0n) is 10.8. The fourth-order valence-corrected chi connectivity index (χ4v) is 1.82. The van der Waals surface area contributed by atoms with Gasteiger partial charge in [0.2, 0.25) is 5.91 Å². The predicted octanol–water partition coefficient (Wildman–Crippen LogP) is 1.03. The van der Waals surface area contributed by atoms with Crippen molar-refractivity contribution in [1.82, 2.24) is 5.32 Å². The highest BCUT2D eigenvalue weighted by Gasteiger charge is 2.11. The highest BCUT2D eigenvalue weighted by molar-refractivity contribution is 5.81. The summed E-state index contributed by atoms with van der Waals surface area (Å²) >= 11 is 0. The Bertz CT molecular complexity index is 390. The molecule has 0 aromatic heterocycles. The molecule has 0 aliphatic rings. The Kier molecular flexibility index (Phi) is 4.97. The van der Waals surface area contributed by atoms with Gasteiger partial charge in [-0.05, 0) is 31.0 Å². The summed E-state index contributed by atoms with van der Waals surface area (Å²) in [5.74, 6) is 0.0224. The van der Waals surface area contributed by atoms with E-state index in [9.17, 15) is 4.79 Å². The minimum absolute atomic E-state index is 0.0224. The molecule has 1 rings (SSSR count). The average molecular weight is 235 g/mol. The van der Waals surface area contributed by atoms with Gasteiger partial charge in [-0.3, -0.25) is 4.79 Å². The van der Waals surface area contributed by atoms with Crippen molar-refractivity contribution in [3.63, 3.8) is 0 Å². The van der Waals surface area contributed by atoms with Gasteiger partial charge >= 0.3 is 0 Å². The van der Waals surface area contributed by atoms with E-state index in [2.05, 4.69) is 16.3 Å². The maximum atomic E-state index is 11.4. The van der Waals surface area contributed by atoms with E-state index in [1.54, 1.807) is 7.05 Å². The maximum absolute atomic E-state index is 11.4. The summed E-state index contributed by atoms with van der Waals surface area (Å²) < 4.78 is 0. The molecular formula is C13H21N3O. The number of anilines is 1. The van der Waals surface area contributed by atoms with Crippen molar-refractivity contribution in [2.24, 2.45) is 5.73 Å². The first-order valence-electron chi connectivity index (χ1n) is 5.87. The number of carbonyl (C=O) groups is 1. The fourth-order valence-electron chi connectivity index (χ4n) is 1.82. The molecule has 4 nitrogen and oxygen atoms in total. The SMILES string of the molecule is CCN(CC(=O)NC)c1ccc(CN)cc1C. The molecule has 0 fully saturated rings. The van der Waals surface area contributed by atoms with Gasteiger partial charge in [-0.1, -0.05) is 12.1 Å². The number of nitrogens with zero attached hydrogens (tertiary/aromatic N) is 1. The Labute approximate surface area is 103 Å². The van der Waals surface area contributed by atoms with Gasteiger partial charge in [0.25, 0.3) is 0 Å². The lowest BCUT2D eigenvalue weighted by atomic mass is 10.1. The quantitative estimate of drug-likeness (QED) is 0.801. The van der Waals surface area contributed by atoms with Crippen molar-refractivity contribution in [3.8, 4) is 0 Å². The minimum Gasteiger partial charge on any atom is -0.362 e. The standard InChI is InChI=1S/C13H21N3O/c1-4-16(9-13(17)15-3)12-6-5-11(8-14)7-10(12)2/h5-7H,4,8-9,14H2,1-3H3,(H,15,17). The van der Waals surface area contributed by atoms with E-state index in [1.165, 1.54) is 0 Å². The molecule has 0 aliphatic heterocycles. The number of benzene rings is 1. The van der Waals surface area contributed by atoms with E-state index < -0.39 is 0 Å². The second-order valence-corrected chi connectivity index (χ2v) is 4.01. The Morgan fingerprint density at radius 1 is 1.47 bits per heavy atom. The van der Waals surface area contributed by atoms with Crippen LogP contribution < -0.4 is 16.0 Å². The predicted molar refractivity (Wildman–Crippen MR) is 71.0 cm³/mol. The first kappa shape index (κ1) is 13.5. The van der Waals surface area contributed by atoms with Gasteiger partial charge in [-0.25, -0.2) is 0 Å². The number of amides is 1. The van der Waals surface area contributed by atoms with E-state index in [1.807, 2.05) is 26.0 Å². The van der Waals surface area contributed by atoms with Crippen LogP contribution in [0.15, 0.2) is 18.2 Å². The maximum Gasteiger partial charge on any atom is 0.239 e. The largest absolute Gasteiger partial charge is 0.362 e. The van der Waals surface area contributed by atoms with Gasteiger partial charge in [0.15, 0.2) is 0 Å². The van der Waals surface area contributed by atoms with E-state index in [4.69, 9.17) is 5.73 Å². The number of carbonyl (C=O) groups excluding carboxylic acids is 1. The van der Waals surface area contributed by atoms with Crippen molar-refractivity contribution in [2.75, 3.05) is 25.0 Å². The number of nitrogens with one attached hydrogen (secondary N) is 1. The van der Waals surface area contributed by atoms with Crippen molar-refractivity contribution in [3.05, 3.63) is 29.3 Å². The molecule has 0 spiro atoms. The molecule has 1 aromatic rings. The average Bonchev–Trinajstić information content (AvgIpc) is 2.35. The molecule has 1 amide bonds. The summed E-state index contributed by atoms with van der Waals surface area (Å²) in [4.78, 5) is 13.5. The van der Waals surface area contributed by atoms with Crippen LogP contribution in [0, 0.1) is 6.92 Å². The molecule has 0 atom stereocenters. The number of aryl methyl sites for hydroxylation is 1. The summed E-state index contributed by atoms with van der Waals surface area (Å²) in [5.41, 5.74) is 8.96. The normalized spacial score (nSPS) is 10.1. The third-order valence-corrected chi connectivity index (χ3v) is 2.83. The van der Waals surface area contributed by atoms with Gasteiger partial charge in [0, 0.05) is 25.8 Å². The van der Waals surface area contributed by atoms with E-state index >= 15 is 0 Å². The smallest absolute Gasteiger partial charge is 0.239 e. The Morgan fingerprint density at radius 3 is 2.65 bits per heavy atom. The molecule has 0 heterocycles. The summed E-state index contributed by atoms with van der Waals surface area (Å²) in [5, 5.41) is 2.64. The molecule has 0 aliphatic carbocycles. The number of nitrogens with two attached hydrogens (primary N) is 1. The number of hydrogen-bond donors (Lipinski definition) is 2. The van der Waals surface area contributed by atoms with E-state index in [0.29, 0.717) is 13.1 Å². The topological polar surface area (TPSA) is 58.4 Å². The lowest BCUT2D eigenvalue weighted by Crippen LogP contribution is -2.35. The van der Waals surface area contributed by atoms with Gasteiger partial charge in [0.05, 0.1) is 6.54 Å². The zero-order valence-corrected chi connectivity index (χ0v) is 10.8. The molecular weight excluding hydrogens is 214 g/mol. The first-order valence-corrected chi connectivity index (χ1v) is 5.87. The Morgan fingerprint density at radius 2 is 2.18 bits per heavy atom. The van der Waals surface area contributed by atoms with E-state index in [-0.39, 0.29) is 5.91 Å². The summed E-state index contributed by atoms with van der Waals surface area (Å²) in [6.07, 6.45) is 0. The minimum atomic E-state index is 0.0224. The third kappa shape index (κ3) is 3.46. The monoisotopic (exact) mass is 235 g/mol. The van der Waals surface area contributed by atoms with Crippen LogP contribution in [-0.4, -0.2) is 26.0 Å². The number of likely N-dealkylation sites (N-methyl/N-ethyl adjacent to an activating group) is 2. The van der Waals surface area contributed by atoms with Crippen LogP contribution in [0.25, 0.3) is 0 Å². The first-order chi connectivity index (χ1) is 8.12. The molecule has 17 heavy (non-hydrogen) atoms. The molecule has 0 saturated heterocycles. The van der Waals surface area contributed by atoms with E-state index in [0.717, 1.165) is 23.4 Å². The third-order valence-electron chi connectivity index (χ3n) is 2.83. The molecule has 0 radical (unpaired) electrons. The van der Waals surface area contributed by atoms with Gasteiger partial charge < -0.3 is 16.0 Å². The van der Waals surface area contributed by atoms with Crippen LogP contribution in [0.5, 0.6) is 0 Å². The highest BCUT2D eigenvalue weighted by Crippen LogP contribution is 2.20. The lowest BCUT2D eigenvalue weighted by Gasteiger charge is -2.24. The second-order valence-electron chi connectivity index (χ2n) is 4.01. The van der Waals surface area contributed by atoms with Crippen molar-refractivity contribution in [2.45, 2.75) is 20.4 Å². The number of rotatable bonds is 5. The van der Waals surface area contributed by atoms with Crippen LogP contribution in [-0.2, 0) is 11.3 Å². The van der Waals surface area contributed by atoms with Crippen LogP contribution in [0.2, 0.25) is 0 Å². The van der Waals surface area contributed by atoms with Crippen LogP contribution in [0.3, 0.4) is 0 Å². The molecule has 94 valence electrons. The van der Waals surface area contributed by atoms with Crippen molar-refractivity contribution >= 4 is 11.6 Å². The van der Waals surface area contributed by atoms with Crippen LogP contribution in [0.4, 0.5) is 5.69 Å². The molecule has 1 aromatic carbocycles. The molecule has 0 bridgehead atoms. The molecule has 3 N–H and O–H groups in total. The summed E-state index contributed by atoms with van der Waals surface area (Å²) in [7, 11) is 1.65.